The van der Waals surface area contributed by atoms with Crippen molar-refractivity contribution in [2.75, 3.05) is 13.2 Å². The molecule has 1 saturated carbocycles. The Bertz CT molecular complexity index is 596. The fourth-order valence-electron chi connectivity index (χ4n) is 1.67. The predicted octanol–water partition coefficient (Wildman–Crippen LogP) is 1.46. The van der Waals surface area contributed by atoms with Gasteiger partial charge in [0.05, 0.1) is 11.5 Å². The molecule has 7 nitrogen and oxygen atoms in total. The summed E-state index contributed by atoms with van der Waals surface area (Å²) in [5.41, 5.74) is -0.412. The van der Waals surface area contributed by atoms with Gasteiger partial charge in [-0.25, -0.2) is 8.42 Å². The predicted molar refractivity (Wildman–Crippen MR) is 70.0 cm³/mol. The topological polar surface area (TPSA) is 101 Å². The van der Waals surface area contributed by atoms with E-state index < -0.39 is 20.6 Å². The fraction of sp³-hybridized carbons (Fsp3) is 0.556. The van der Waals surface area contributed by atoms with E-state index in [0.717, 1.165) is 18.9 Å². The highest BCUT2D eigenvalue weighted by Gasteiger charge is 2.39. The first kappa shape index (κ1) is 14.7. The number of nitro groups is 1. The van der Waals surface area contributed by atoms with E-state index in [-0.39, 0.29) is 27.7 Å². The molecule has 1 N–H and O–H groups in total. The van der Waals surface area contributed by atoms with Gasteiger partial charge in [-0.1, -0.05) is 11.6 Å². The van der Waals surface area contributed by atoms with Crippen LogP contribution in [0.1, 0.15) is 12.8 Å². The molecule has 0 unspecified atom stereocenters. The van der Waals surface area contributed by atoms with Gasteiger partial charge in [0.15, 0.2) is 4.34 Å². The largest absolute Gasteiger partial charge is 0.395 e. The number of aliphatic hydroxyl groups is 1. The van der Waals surface area contributed by atoms with Crippen molar-refractivity contribution in [3.8, 4) is 0 Å². The lowest BCUT2D eigenvalue weighted by Gasteiger charge is -2.19. The summed E-state index contributed by atoms with van der Waals surface area (Å²) in [5.74, 6) is 0. The monoisotopic (exact) mass is 326 g/mol. The summed E-state index contributed by atoms with van der Waals surface area (Å²) in [6.07, 6.45) is 1.47. The zero-order chi connectivity index (χ0) is 14.2. The number of sulfonamides is 1. The molecular weight excluding hydrogens is 316 g/mol. The number of hydrogen-bond acceptors (Lipinski definition) is 6. The number of nitrogens with zero attached hydrogens (tertiary/aromatic N) is 2. The molecule has 1 fully saturated rings. The molecule has 1 aromatic rings. The lowest BCUT2D eigenvalue weighted by atomic mass is 10.6. The molecule has 0 aromatic carbocycles. The van der Waals surface area contributed by atoms with Crippen LogP contribution in [0.2, 0.25) is 4.34 Å². The molecule has 0 radical (unpaired) electrons. The molecule has 1 aliphatic rings. The minimum Gasteiger partial charge on any atom is -0.395 e. The van der Waals surface area contributed by atoms with Crippen molar-refractivity contribution in [1.82, 2.24) is 4.31 Å². The Balaban J connectivity index is 2.37. The molecule has 0 atom stereocenters. The standard InChI is InChI=1S/C9H11ClN2O5S2/c10-9-7(12(14)15)5-8(18-9)19(16,17)11(3-4-13)6-1-2-6/h5-6,13H,1-4H2. The maximum atomic E-state index is 12.3. The van der Waals surface area contributed by atoms with E-state index in [2.05, 4.69) is 0 Å². The van der Waals surface area contributed by atoms with E-state index >= 15 is 0 Å². The van der Waals surface area contributed by atoms with Gasteiger partial charge in [0.1, 0.15) is 4.21 Å². The molecule has 0 saturated heterocycles. The fourth-order valence-corrected chi connectivity index (χ4v) is 5.14. The van der Waals surface area contributed by atoms with E-state index in [1.165, 1.54) is 4.31 Å². The summed E-state index contributed by atoms with van der Waals surface area (Å²) in [6, 6.07) is 0.840. The summed E-state index contributed by atoms with van der Waals surface area (Å²) in [6.45, 7) is -0.312. The van der Waals surface area contributed by atoms with Crippen LogP contribution in [0, 0.1) is 10.1 Å². The van der Waals surface area contributed by atoms with Gasteiger partial charge in [-0.3, -0.25) is 10.1 Å². The molecule has 2 rings (SSSR count). The van der Waals surface area contributed by atoms with Crippen molar-refractivity contribution >= 4 is 38.6 Å². The molecule has 19 heavy (non-hydrogen) atoms. The summed E-state index contributed by atoms with van der Waals surface area (Å²) < 4.78 is 25.5. The van der Waals surface area contributed by atoms with E-state index in [4.69, 9.17) is 16.7 Å². The summed E-state index contributed by atoms with van der Waals surface area (Å²) in [5, 5.41) is 19.6. The molecule has 1 heterocycles. The highest BCUT2D eigenvalue weighted by Crippen LogP contribution is 2.39. The Kier molecular flexibility index (Phi) is 4.11. The second kappa shape index (κ2) is 5.33. The second-order valence-electron chi connectivity index (χ2n) is 4.05. The maximum absolute atomic E-state index is 12.3. The van der Waals surface area contributed by atoms with E-state index in [1.54, 1.807) is 0 Å². The molecule has 0 bridgehead atoms. The molecule has 10 heteroatoms. The average molecular weight is 327 g/mol. The lowest BCUT2D eigenvalue weighted by Crippen LogP contribution is -2.35. The van der Waals surface area contributed by atoms with Crippen molar-refractivity contribution in [3.05, 3.63) is 20.5 Å². The number of halogens is 1. The van der Waals surface area contributed by atoms with Crippen LogP contribution < -0.4 is 0 Å². The SMILES string of the molecule is O=[N+]([O-])c1cc(S(=O)(=O)N(CCO)C2CC2)sc1Cl. The first-order chi connectivity index (χ1) is 8.87. The molecule has 1 aromatic heterocycles. The Morgan fingerprint density at radius 3 is 2.63 bits per heavy atom. The Hall–Kier alpha value is -0.740. The van der Waals surface area contributed by atoms with Crippen molar-refractivity contribution in [3.63, 3.8) is 0 Å². The lowest BCUT2D eigenvalue weighted by molar-refractivity contribution is -0.384. The molecular formula is C9H11ClN2O5S2. The second-order valence-corrected chi connectivity index (χ2v) is 7.82. The zero-order valence-corrected chi connectivity index (χ0v) is 12.0. The van der Waals surface area contributed by atoms with Crippen molar-refractivity contribution in [2.24, 2.45) is 0 Å². The van der Waals surface area contributed by atoms with Crippen LogP contribution in [0.3, 0.4) is 0 Å². The zero-order valence-electron chi connectivity index (χ0n) is 9.65. The van der Waals surface area contributed by atoms with Gasteiger partial charge >= 0.3 is 0 Å². The highest BCUT2D eigenvalue weighted by molar-refractivity contribution is 7.91. The van der Waals surface area contributed by atoms with Crippen molar-refractivity contribution < 1.29 is 18.4 Å². The van der Waals surface area contributed by atoms with Gasteiger partial charge in [0, 0.05) is 18.7 Å². The van der Waals surface area contributed by atoms with Crippen LogP contribution >= 0.6 is 22.9 Å². The smallest absolute Gasteiger partial charge is 0.300 e. The number of rotatable bonds is 6. The van der Waals surface area contributed by atoms with Crippen LogP contribution in [0.25, 0.3) is 0 Å². The van der Waals surface area contributed by atoms with Crippen LogP contribution in [0.4, 0.5) is 5.69 Å². The maximum Gasteiger partial charge on any atom is 0.300 e. The average Bonchev–Trinajstić information content (AvgIpc) is 3.07. The molecule has 0 amide bonds. The third-order valence-electron chi connectivity index (χ3n) is 2.68. The minimum atomic E-state index is -3.83. The van der Waals surface area contributed by atoms with Crippen LogP contribution in [0.5, 0.6) is 0 Å². The van der Waals surface area contributed by atoms with E-state index in [1.807, 2.05) is 0 Å². The number of thiophene rings is 1. The minimum absolute atomic E-state index is 0.0175. The van der Waals surface area contributed by atoms with E-state index in [0.29, 0.717) is 11.3 Å². The third-order valence-corrected chi connectivity index (χ3v) is 6.42. The Morgan fingerprint density at radius 2 is 2.21 bits per heavy atom. The van der Waals surface area contributed by atoms with Crippen molar-refractivity contribution in [2.45, 2.75) is 23.1 Å². The molecule has 0 spiro atoms. The van der Waals surface area contributed by atoms with Gasteiger partial charge in [-0.05, 0) is 12.8 Å². The van der Waals surface area contributed by atoms with Gasteiger partial charge in [-0.2, -0.15) is 4.31 Å². The first-order valence-corrected chi connectivity index (χ1v) is 8.08. The highest BCUT2D eigenvalue weighted by atomic mass is 35.5. The normalized spacial score (nSPS) is 15.9. The van der Waals surface area contributed by atoms with Gasteiger partial charge < -0.3 is 5.11 Å². The van der Waals surface area contributed by atoms with Gasteiger partial charge in [-0.15, -0.1) is 11.3 Å². The number of hydrogen-bond donors (Lipinski definition) is 1. The number of aliphatic hydroxyl groups excluding tert-OH is 1. The Labute approximate surface area is 118 Å². The van der Waals surface area contributed by atoms with Crippen molar-refractivity contribution in [1.29, 1.82) is 0 Å². The van der Waals surface area contributed by atoms with Crippen LogP contribution in [0.15, 0.2) is 10.3 Å². The first-order valence-electron chi connectivity index (χ1n) is 5.44. The summed E-state index contributed by atoms with van der Waals surface area (Å²) >= 11 is 6.33. The molecule has 0 aliphatic heterocycles. The summed E-state index contributed by atoms with van der Waals surface area (Å²) in [4.78, 5) is 9.97. The summed E-state index contributed by atoms with van der Waals surface area (Å²) in [7, 11) is -3.83. The molecule has 106 valence electrons. The van der Waals surface area contributed by atoms with Gasteiger partial charge in [0.2, 0.25) is 0 Å². The molecule has 1 aliphatic carbocycles. The Morgan fingerprint density at radius 1 is 1.58 bits per heavy atom. The third kappa shape index (κ3) is 2.90. The van der Waals surface area contributed by atoms with Crippen LogP contribution in [-0.2, 0) is 10.0 Å². The van der Waals surface area contributed by atoms with E-state index in [9.17, 15) is 18.5 Å². The van der Waals surface area contributed by atoms with Crippen LogP contribution in [-0.4, -0.2) is 41.9 Å². The quantitative estimate of drug-likeness (QED) is 0.630. The van der Waals surface area contributed by atoms with Gasteiger partial charge in [0.25, 0.3) is 15.7 Å².